The van der Waals surface area contributed by atoms with Crippen molar-refractivity contribution in [3.8, 4) is 0 Å². The van der Waals surface area contributed by atoms with Gasteiger partial charge < -0.3 is 10.6 Å². The fourth-order valence-corrected chi connectivity index (χ4v) is 2.36. The predicted octanol–water partition coefficient (Wildman–Crippen LogP) is 3.99. The Morgan fingerprint density at radius 3 is 2.62 bits per heavy atom. The highest BCUT2D eigenvalue weighted by Gasteiger charge is 2.17. The molecule has 0 radical (unpaired) electrons. The molecule has 0 bridgehead atoms. The van der Waals surface area contributed by atoms with Gasteiger partial charge in [-0.15, -0.1) is 0 Å². The van der Waals surface area contributed by atoms with Crippen LogP contribution in [0.4, 0.5) is 10.1 Å². The van der Waals surface area contributed by atoms with Crippen molar-refractivity contribution in [1.29, 1.82) is 0 Å². The Bertz CT molecular complexity index is 691. The first-order valence-electron chi connectivity index (χ1n) is 6.13. The van der Waals surface area contributed by atoms with E-state index in [9.17, 15) is 9.18 Å². The number of carbonyl (C=O) groups excluding carboxylic acids is 1. The van der Waals surface area contributed by atoms with Crippen LogP contribution in [0, 0.1) is 5.82 Å². The number of nitrogen functional groups attached to an aromatic ring is 1. The highest BCUT2D eigenvalue weighted by molar-refractivity contribution is 6.35. The van der Waals surface area contributed by atoms with Gasteiger partial charge in [0.2, 0.25) is 0 Å². The Morgan fingerprint density at radius 1 is 1.24 bits per heavy atom. The molecule has 0 unspecified atom stereocenters. The van der Waals surface area contributed by atoms with E-state index in [4.69, 9.17) is 28.9 Å². The maximum absolute atomic E-state index is 13.7. The summed E-state index contributed by atoms with van der Waals surface area (Å²) in [4.78, 5) is 13.6. The van der Waals surface area contributed by atoms with Crippen LogP contribution in [0.25, 0.3) is 0 Å². The minimum absolute atomic E-state index is 0.0671. The molecule has 0 atom stereocenters. The number of halogens is 3. The standard InChI is InChI=1S/C15H13Cl2FN2O/c1-20(8-9-2-3-10(16)6-13(9)17)15(21)12-7-11(19)4-5-14(12)18/h2-7H,8,19H2,1H3. The first-order valence-corrected chi connectivity index (χ1v) is 6.88. The third-order valence-electron chi connectivity index (χ3n) is 2.99. The van der Waals surface area contributed by atoms with Crippen LogP contribution in [0.1, 0.15) is 15.9 Å². The smallest absolute Gasteiger partial charge is 0.256 e. The van der Waals surface area contributed by atoms with Crippen molar-refractivity contribution >= 4 is 34.8 Å². The van der Waals surface area contributed by atoms with Crippen molar-refractivity contribution in [1.82, 2.24) is 4.90 Å². The van der Waals surface area contributed by atoms with E-state index in [1.807, 2.05) is 0 Å². The van der Waals surface area contributed by atoms with Crippen LogP contribution in [0.15, 0.2) is 36.4 Å². The molecule has 21 heavy (non-hydrogen) atoms. The lowest BCUT2D eigenvalue weighted by atomic mass is 10.1. The molecule has 0 aliphatic rings. The van der Waals surface area contributed by atoms with Gasteiger partial charge in [0.1, 0.15) is 5.82 Å². The Kier molecular flexibility index (Phi) is 4.70. The van der Waals surface area contributed by atoms with E-state index in [2.05, 4.69) is 0 Å². The lowest BCUT2D eigenvalue weighted by molar-refractivity contribution is 0.0780. The molecule has 0 spiro atoms. The highest BCUT2D eigenvalue weighted by atomic mass is 35.5. The van der Waals surface area contributed by atoms with Gasteiger partial charge in [0.15, 0.2) is 0 Å². The molecule has 0 aromatic heterocycles. The molecule has 3 nitrogen and oxygen atoms in total. The number of benzene rings is 2. The molecule has 2 aromatic rings. The van der Waals surface area contributed by atoms with Crippen LogP contribution in [0.2, 0.25) is 10.0 Å². The van der Waals surface area contributed by atoms with Gasteiger partial charge in [-0.1, -0.05) is 29.3 Å². The lowest BCUT2D eigenvalue weighted by Crippen LogP contribution is -2.27. The van der Waals surface area contributed by atoms with Crippen molar-refractivity contribution in [2.75, 3.05) is 12.8 Å². The minimum atomic E-state index is -0.608. The topological polar surface area (TPSA) is 46.3 Å². The van der Waals surface area contributed by atoms with Crippen LogP contribution < -0.4 is 5.73 Å². The Morgan fingerprint density at radius 2 is 1.95 bits per heavy atom. The normalized spacial score (nSPS) is 10.5. The molecular formula is C15H13Cl2FN2O. The molecule has 0 heterocycles. The van der Waals surface area contributed by atoms with E-state index in [0.717, 1.165) is 5.56 Å². The largest absolute Gasteiger partial charge is 0.399 e. The minimum Gasteiger partial charge on any atom is -0.399 e. The second-order valence-corrected chi connectivity index (χ2v) is 5.48. The fraction of sp³-hybridized carbons (Fsp3) is 0.133. The zero-order chi connectivity index (χ0) is 15.6. The van der Waals surface area contributed by atoms with Crippen molar-refractivity contribution in [2.24, 2.45) is 0 Å². The maximum Gasteiger partial charge on any atom is 0.256 e. The third-order valence-corrected chi connectivity index (χ3v) is 3.58. The number of anilines is 1. The van der Waals surface area contributed by atoms with Crippen LogP contribution in [-0.2, 0) is 6.54 Å². The SMILES string of the molecule is CN(Cc1ccc(Cl)cc1Cl)C(=O)c1cc(N)ccc1F. The van der Waals surface area contributed by atoms with Gasteiger partial charge in [0, 0.05) is 29.3 Å². The summed E-state index contributed by atoms with van der Waals surface area (Å²) in [6.45, 7) is 0.239. The van der Waals surface area contributed by atoms with E-state index in [1.54, 1.807) is 25.2 Å². The molecule has 6 heteroatoms. The van der Waals surface area contributed by atoms with Gasteiger partial charge >= 0.3 is 0 Å². The molecule has 2 N–H and O–H groups in total. The summed E-state index contributed by atoms with van der Waals surface area (Å²) in [6, 6.07) is 8.90. The molecule has 2 rings (SSSR count). The number of carbonyl (C=O) groups is 1. The summed E-state index contributed by atoms with van der Waals surface area (Å²) in [7, 11) is 1.57. The van der Waals surface area contributed by atoms with E-state index in [-0.39, 0.29) is 12.1 Å². The number of nitrogens with zero attached hydrogens (tertiary/aromatic N) is 1. The van der Waals surface area contributed by atoms with Crippen molar-refractivity contribution in [2.45, 2.75) is 6.54 Å². The highest BCUT2D eigenvalue weighted by Crippen LogP contribution is 2.23. The van der Waals surface area contributed by atoms with E-state index in [1.165, 1.54) is 23.1 Å². The monoisotopic (exact) mass is 326 g/mol. The molecular weight excluding hydrogens is 314 g/mol. The maximum atomic E-state index is 13.7. The molecule has 1 amide bonds. The molecule has 0 saturated heterocycles. The third kappa shape index (κ3) is 3.65. The van der Waals surface area contributed by atoms with Crippen molar-refractivity contribution < 1.29 is 9.18 Å². The van der Waals surface area contributed by atoms with Crippen LogP contribution in [0.3, 0.4) is 0 Å². The number of rotatable bonds is 3. The average Bonchev–Trinajstić information content (AvgIpc) is 2.43. The Hall–Kier alpha value is -1.78. The quantitative estimate of drug-likeness (QED) is 0.867. The molecule has 0 fully saturated rings. The zero-order valence-electron chi connectivity index (χ0n) is 11.2. The van der Waals surface area contributed by atoms with Crippen LogP contribution >= 0.6 is 23.2 Å². The molecule has 0 saturated carbocycles. The molecule has 2 aromatic carbocycles. The molecule has 110 valence electrons. The van der Waals surface area contributed by atoms with Crippen molar-refractivity contribution in [3.63, 3.8) is 0 Å². The molecule has 0 aliphatic heterocycles. The average molecular weight is 327 g/mol. The summed E-state index contributed by atoms with van der Waals surface area (Å²) >= 11 is 11.9. The zero-order valence-corrected chi connectivity index (χ0v) is 12.7. The second-order valence-electron chi connectivity index (χ2n) is 4.64. The number of hydrogen-bond donors (Lipinski definition) is 1. The first-order chi connectivity index (χ1) is 9.88. The van der Waals surface area contributed by atoms with Crippen molar-refractivity contribution in [3.05, 3.63) is 63.4 Å². The van der Waals surface area contributed by atoms with E-state index in [0.29, 0.717) is 15.7 Å². The van der Waals surface area contributed by atoms with Gasteiger partial charge in [-0.25, -0.2) is 4.39 Å². The van der Waals surface area contributed by atoms with Gasteiger partial charge in [0.05, 0.1) is 5.56 Å². The Labute approximate surface area is 132 Å². The predicted molar refractivity (Wildman–Crippen MR) is 83.1 cm³/mol. The van der Waals surface area contributed by atoms with Gasteiger partial charge in [0.25, 0.3) is 5.91 Å². The van der Waals surface area contributed by atoms with Crippen LogP contribution in [-0.4, -0.2) is 17.9 Å². The summed E-state index contributed by atoms with van der Waals surface area (Å²) in [5.41, 5.74) is 6.57. The second kappa shape index (κ2) is 6.33. The van der Waals surface area contributed by atoms with Crippen LogP contribution in [0.5, 0.6) is 0 Å². The van der Waals surface area contributed by atoms with E-state index >= 15 is 0 Å². The first kappa shape index (κ1) is 15.6. The van der Waals surface area contributed by atoms with Gasteiger partial charge in [-0.05, 0) is 35.9 Å². The number of hydrogen-bond acceptors (Lipinski definition) is 2. The summed E-state index contributed by atoms with van der Waals surface area (Å²) < 4.78 is 13.7. The molecule has 0 aliphatic carbocycles. The van der Waals surface area contributed by atoms with Gasteiger partial charge in [-0.3, -0.25) is 4.79 Å². The summed E-state index contributed by atoms with van der Waals surface area (Å²) in [6.07, 6.45) is 0. The number of nitrogens with two attached hydrogens (primary N) is 1. The van der Waals surface area contributed by atoms with E-state index < -0.39 is 11.7 Å². The summed E-state index contributed by atoms with van der Waals surface area (Å²) in [5.74, 6) is -1.07. The Balaban J connectivity index is 2.21. The summed E-state index contributed by atoms with van der Waals surface area (Å²) in [5, 5.41) is 0.967. The fourth-order valence-electron chi connectivity index (χ4n) is 1.89. The van der Waals surface area contributed by atoms with Gasteiger partial charge in [-0.2, -0.15) is 0 Å². The number of amides is 1. The lowest BCUT2D eigenvalue weighted by Gasteiger charge is -2.18.